The lowest BCUT2D eigenvalue weighted by atomic mass is 9.43. The zero-order valence-corrected chi connectivity index (χ0v) is 17.5. The summed E-state index contributed by atoms with van der Waals surface area (Å²) in [6.07, 6.45) is 6.51. The third kappa shape index (κ3) is 2.79. The van der Waals surface area contributed by atoms with Gasteiger partial charge in [-0.25, -0.2) is 4.18 Å². The summed E-state index contributed by atoms with van der Waals surface area (Å²) in [6.45, 7) is 6.04. The summed E-state index contributed by atoms with van der Waals surface area (Å²) in [7, 11) is -4.45. The van der Waals surface area contributed by atoms with E-state index in [1.54, 1.807) is 0 Å². The molecule has 1 aliphatic heterocycles. The molecule has 2 N–H and O–H groups in total. The first-order chi connectivity index (χ1) is 12.8. The third-order valence-corrected chi connectivity index (χ3v) is 8.75. The van der Waals surface area contributed by atoms with Crippen LogP contribution >= 0.6 is 0 Å². The van der Waals surface area contributed by atoms with Gasteiger partial charge >= 0.3 is 16.4 Å². The Hall–Kier alpha value is -0.960. The lowest BCUT2D eigenvalue weighted by molar-refractivity contribution is -0.163. The minimum Gasteiger partial charge on any atom is -0.457 e. The zero-order chi connectivity index (χ0) is 20.6. The van der Waals surface area contributed by atoms with Gasteiger partial charge in [0.25, 0.3) is 0 Å². The van der Waals surface area contributed by atoms with Gasteiger partial charge in [-0.2, -0.15) is 8.42 Å². The first-order valence-corrected chi connectivity index (χ1v) is 11.5. The van der Waals surface area contributed by atoms with Gasteiger partial charge in [-0.05, 0) is 62.5 Å². The van der Waals surface area contributed by atoms with Crippen molar-refractivity contribution in [3.63, 3.8) is 0 Å². The second-order valence-electron chi connectivity index (χ2n) is 10.1. The number of rotatable bonds is 4. The van der Waals surface area contributed by atoms with Crippen molar-refractivity contribution in [1.29, 1.82) is 0 Å². The first-order valence-electron chi connectivity index (χ1n) is 10.1. The molecular formula is C20H30O7S. The summed E-state index contributed by atoms with van der Waals surface area (Å²) >= 11 is 0. The molecule has 0 aromatic rings. The number of hydrogen-bond donors (Lipinski definition) is 2. The van der Waals surface area contributed by atoms with Crippen LogP contribution in [0, 0.1) is 22.2 Å². The Morgan fingerprint density at radius 2 is 1.93 bits per heavy atom. The topological polar surface area (TPSA) is 110 Å². The Morgan fingerprint density at radius 3 is 2.61 bits per heavy atom. The fraction of sp³-hybridized carbons (Fsp3) is 0.850. The van der Waals surface area contributed by atoms with Gasteiger partial charge in [0.15, 0.2) is 0 Å². The van der Waals surface area contributed by atoms with Crippen molar-refractivity contribution in [2.24, 2.45) is 22.2 Å². The average Bonchev–Trinajstić information content (AvgIpc) is 2.81. The summed E-state index contributed by atoms with van der Waals surface area (Å²) in [5.74, 6) is -0.181. The van der Waals surface area contributed by atoms with Gasteiger partial charge in [-0.1, -0.05) is 20.3 Å². The molecule has 7 nitrogen and oxygen atoms in total. The second-order valence-corrected chi connectivity index (χ2v) is 11.2. The summed E-state index contributed by atoms with van der Waals surface area (Å²) < 4.78 is 40.8. The summed E-state index contributed by atoms with van der Waals surface area (Å²) in [4.78, 5) is 12.7. The molecule has 0 aromatic heterocycles. The molecule has 0 bridgehead atoms. The molecule has 1 heterocycles. The molecule has 28 heavy (non-hydrogen) atoms. The van der Waals surface area contributed by atoms with Crippen LogP contribution < -0.4 is 0 Å². The van der Waals surface area contributed by atoms with Crippen molar-refractivity contribution in [2.45, 2.75) is 77.4 Å². The van der Waals surface area contributed by atoms with Crippen LogP contribution in [0.3, 0.4) is 0 Å². The first kappa shape index (κ1) is 20.3. The van der Waals surface area contributed by atoms with Gasteiger partial charge in [0.1, 0.15) is 6.10 Å². The molecule has 4 rings (SSSR count). The maximum atomic E-state index is 12.7. The van der Waals surface area contributed by atoms with Gasteiger partial charge in [0.2, 0.25) is 0 Å². The average molecular weight is 415 g/mol. The summed E-state index contributed by atoms with van der Waals surface area (Å²) in [5.41, 5.74) is -1.30. The quantitative estimate of drug-likeness (QED) is 0.413. The molecule has 0 unspecified atom stereocenters. The number of carbonyl (C=O) groups is 1. The van der Waals surface area contributed by atoms with Crippen molar-refractivity contribution < 1.29 is 31.8 Å². The Bertz CT molecular complexity index is 835. The maximum Gasteiger partial charge on any atom is 0.397 e. The third-order valence-electron chi connectivity index (χ3n) is 8.29. The van der Waals surface area contributed by atoms with Crippen LogP contribution in [0.2, 0.25) is 0 Å². The predicted octanol–water partition coefficient (Wildman–Crippen LogP) is 2.80. The predicted molar refractivity (Wildman–Crippen MR) is 101 cm³/mol. The molecule has 6 atom stereocenters. The molecular weight excluding hydrogens is 384 g/mol. The molecule has 4 aliphatic rings. The number of esters is 1. The number of carbonyl (C=O) groups excluding carboxylic acids is 1. The van der Waals surface area contributed by atoms with E-state index in [2.05, 4.69) is 11.1 Å². The Morgan fingerprint density at radius 1 is 1.21 bits per heavy atom. The highest BCUT2D eigenvalue weighted by Gasteiger charge is 2.70. The smallest absolute Gasteiger partial charge is 0.397 e. The van der Waals surface area contributed by atoms with Gasteiger partial charge in [-0.15, -0.1) is 0 Å². The fourth-order valence-corrected chi connectivity index (χ4v) is 7.00. The van der Waals surface area contributed by atoms with Crippen LogP contribution in [-0.2, 0) is 24.1 Å². The van der Waals surface area contributed by atoms with Crippen molar-refractivity contribution >= 4 is 16.4 Å². The largest absolute Gasteiger partial charge is 0.457 e. The van der Waals surface area contributed by atoms with Crippen molar-refractivity contribution in [3.05, 3.63) is 11.6 Å². The highest BCUT2D eigenvalue weighted by molar-refractivity contribution is 7.80. The molecule has 0 aromatic carbocycles. The number of fused-ring (bicyclic) bond motifs is 2. The van der Waals surface area contributed by atoms with Crippen LogP contribution in [0.4, 0.5) is 0 Å². The molecule has 0 amide bonds. The monoisotopic (exact) mass is 414 g/mol. The van der Waals surface area contributed by atoms with E-state index in [1.165, 1.54) is 0 Å². The lowest BCUT2D eigenvalue weighted by Gasteiger charge is -2.61. The zero-order valence-electron chi connectivity index (χ0n) is 16.7. The molecule has 8 heteroatoms. The summed E-state index contributed by atoms with van der Waals surface area (Å²) in [6, 6.07) is 0. The molecule has 158 valence electrons. The number of hydrogen-bond acceptors (Lipinski definition) is 6. The van der Waals surface area contributed by atoms with Crippen molar-refractivity contribution in [3.8, 4) is 0 Å². The van der Waals surface area contributed by atoms with Crippen LogP contribution in [0.25, 0.3) is 0 Å². The minimum atomic E-state index is -4.45. The SMILES string of the molecule is C[C@]1(CCOS(=O)(=O)O)CC[C@@]2(O)C(=C[C@H]3OC(=O)[C@@]4(C)CCC[C@@]2(C)[C@H]34)C1. The van der Waals surface area contributed by atoms with Gasteiger partial charge in [0.05, 0.1) is 17.6 Å². The highest BCUT2D eigenvalue weighted by Crippen LogP contribution is 2.68. The van der Waals surface area contributed by atoms with Crippen LogP contribution in [0.5, 0.6) is 0 Å². The van der Waals surface area contributed by atoms with Gasteiger partial charge in [0, 0.05) is 11.3 Å². The van der Waals surface area contributed by atoms with E-state index in [1.807, 2.05) is 19.9 Å². The van der Waals surface area contributed by atoms with Crippen molar-refractivity contribution in [1.82, 2.24) is 0 Å². The Labute approximate surface area is 166 Å². The fourth-order valence-electron chi connectivity index (χ4n) is 6.70. The number of aliphatic hydroxyl groups is 1. The standard InChI is InChI=1S/C20H30O7S/c1-17(9-10-26-28(23,24)25)7-8-20(22)13(12-17)11-14-15-18(2,16(21)27-14)5-4-6-19(15,20)3/h11,14-15,22H,4-10,12H2,1-3H3,(H,23,24,25)/t14-,15-,17-,18+,19+,20-/m1/s1. The molecule has 3 aliphatic carbocycles. The van der Waals surface area contributed by atoms with E-state index >= 15 is 0 Å². The molecule has 0 spiro atoms. The molecule has 0 radical (unpaired) electrons. The van der Waals surface area contributed by atoms with E-state index in [0.717, 1.165) is 24.8 Å². The Kier molecular flexibility index (Phi) is 4.37. The highest BCUT2D eigenvalue weighted by atomic mass is 32.3. The molecule has 1 saturated heterocycles. The van der Waals surface area contributed by atoms with Gasteiger partial charge in [-0.3, -0.25) is 9.35 Å². The maximum absolute atomic E-state index is 12.7. The van der Waals surface area contributed by atoms with Crippen molar-refractivity contribution in [2.75, 3.05) is 6.61 Å². The van der Waals surface area contributed by atoms with E-state index in [-0.39, 0.29) is 30.0 Å². The lowest BCUT2D eigenvalue weighted by Crippen LogP contribution is -2.63. The van der Waals surface area contributed by atoms with E-state index in [9.17, 15) is 18.3 Å². The molecule has 2 saturated carbocycles. The van der Waals surface area contributed by atoms with E-state index in [4.69, 9.17) is 9.29 Å². The second kappa shape index (κ2) is 6.03. The Balaban J connectivity index is 1.64. The van der Waals surface area contributed by atoms with Crippen LogP contribution in [0.15, 0.2) is 11.6 Å². The van der Waals surface area contributed by atoms with Crippen LogP contribution in [0.1, 0.15) is 65.7 Å². The summed E-state index contributed by atoms with van der Waals surface area (Å²) in [5, 5.41) is 11.9. The van der Waals surface area contributed by atoms with E-state index < -0.39 is 26.8 Å². The van der Waals surface area contributed by atoms with Gasteiger partial charge < -0.3 is 9.84 Å². The normalized spacial score (nSPS) is 47.8. The molecule has 3 fully saturated rings. The number of ether oxygens (including phenoxy) is 1. The van der Waals surface area contributed by atoms with Crippen LogP contribution in [-0.4, -0.2) is 42.4 Å². The minimum absolute atomic E-state index is 0.0257. The van der Waals surface area contributed by atoms with E-state index in [0.29, 0.717) is 25.7 Å².